The van der Waals surface area contributed by atoms with Gasteiger partial charge in [-0.25, -0.2) is 0 Å². The molecule has 126 valence electrons. The van der Waals surface area contributed by atoms with Gasteiger partial charge in [0.2, 0.25) is 5.91 Å². The van der Waals surface area contributed by atoms with Crippen molar-refractivity contribution in [1.29, 1.82) is 0 Å². The average molecular weight is 326 g/mol. The minimum Gasteiger partial charge on any atom is -0.325 e. The summed E-state index contributed by atoms with van der Waals surface area (Å²) < 4.78 is 0. The van der Waals surface area contributed by atoms with Crippen LogP contribution in [-0.4, -0.2) is 10.8 Å². The van der Waals surface area contributed by atoms with Crippen LogP contribution >= 0.6 is 0 Å². The fourth-order valence-electron chi connectivity index (χ4n) is 2.51. The Morgan fingerprint density at radius 3 is 2.38 bits per heavy atom. The van der Waals surface area contributed by atoms with Crippen molar-refractivity contribution in [1.82, 2.24) is 0 Å². The van der Waals surface area contributed by atoms with Crippen molar-refractivity contribution in [3.05, 3.63) is 69.8 Å². The fraction of sp³-hybridized carbons (Fsp3) is 0.316. The highest BCUT2D eigenvalue weighted by Gasteiger charge is 2.16. The second kappa shape index (κ2) is 7.73. The van der Waals surface area contributed by atoms with E-state index in [1.807, 2.05) is 31.2 Å². The number of nitrogens with zero attached hydrogens (tertiary/aromatic N) is 1. The number of hydrogen-bond acceptors (Lipinski definition) is 3. The molecule has 1 atom stereocenters. The number of nitro groups is 1. The van der Waals surface area contributed by atoms with Crippen molar-refractivity contribution in [2.75, 3.05) is 5.32 Å². The van der Waals surface area contributed by atoms with Crippen LogP contribution in [0.5, 0.6) is 0 Å². The molecule has 0 aliphatic rings. The lowest BCUT2D eigenvalue weighted by atomic mass is 9.96. The quantitative estimate of drug-likeness (QED) is 0.626. The van der Waals surface area contributed by atoms with E-state index in [4.69, 9.17) is 0 Å². The van der Waals surface area contributed by atoms with Gasteiger partial charge in [0.05, 0.1) is 10.8 Å². The molecule has 0 spiro atoms. The molecule has 0 radical (unpaired) electrons. The Morgan fingerprint density at radius 1 is 1.12 bits per heavy atom. The van der Waals surface area contributed by atoms with Crippen LogP contribution in [0.15, 0.2) is 48.5 Å². The van der Waals surface area contributed by atoms with Gasteiger partial charge in [0, 0.05) is 17.8 Å². The molecule has 2 aromatic carbocycles. The fourth-order valence-corrected chi connectivity index (χ4v) is 2.51. The van der Waals surface area contributed by atoms with Gasteiger partial charge in [-0.15, -0.1) is 0 Å². The first-order valence-corrected chi connectivity index (χ1v) is 8.01. The van der Waals surface area contributed by atoms with Crippen LogP contribution in [0, 0.1) is 16.0 Å². The minimum atomic E-state index is -0.480. The number of amides is 1. The van der Waals surface area contributed by atoms with E-state index in [0.717, 1.165) is 12.0 Å². The largest absolute Gasteiger partial charge is 0.325 e. The van der Waals surface area contributed by atoms with Gasteiger partial charge in [-0.3, -0.25) is 14.9 Å². The molecule has 0 aliphatic heterocycles. The van der Waals surface area contributed by atoms with Crippen molar-refractivity contribution in [2.45, 2.75) is 33.1 Å². The van der Waals surface area contributed by atoms with E-state index in [1.165, 1.54) is 17.7 Å². The first-order chi connectivity index (χ1) is 11.4. The van der Waals surface area contributed by atoms with Crippen LogP contribution in [0.4, 0.5) is 11.4 Å². The predicted octanol–water partition coefficient (Wildman–Crippen LogP) is 4.54. The molecule has 0 saturated carbocycles. The molecule has 0 heterocycles. The number of anilines is 1. The van der Waals surface area contributed by atoms with Crippen molar-refractivity contribution in [3.63, 3.8) is 0 Å². The second-order valence-electron chi connectivity index (χ2n) is 6.36. The van der Waals surface area contributed by atoms with Crippen LogP contribution in [-0.2, 0) is 11.2 Å². The standard InChI is InChI=1S/C19H22N2O3/c1-13(2)11-15-7-9-16(10-8-15)14(3)19(22)20-17-5-4-6-18(12-17)21(23)24/h4-10,12-14H,11H2,1-3H3,(H,20,22)/t14-/m0/s1. The van der Waals surface area contributed by atoms with Gasteiger partial charge in [-0.1, -0.05) is 44.2 Å². The van der Waals surface area contributed by atoms with E-state index in [-0.39, 0.29) is 17.5 Å². The van der Waals surface area contributed by atoms with E-state index in [9.17, 15) is 14.9 Å². The highest BCUT2D eigenvalue weighted by Crippen LogP contribution is 2.21. The zero-order valence-corrected chi connectivity index (χ0v) is 14.2. The Morgan fingerprint density at radius 2 is 1.79 bits per heavy atom. The van der Waals surface area contributed by atoms with Crippen molar-refractivity contribution in [2.24, 2.45) is 5.92 Å². The molecule has 5 nitrogen and oxygen atoms in total. The predicted molar refractivity (Wildman–Crippen MR) is 95.1 cm³/mol. The number of nitro benzene ring substituents is 1. The number of rotatable bonds is 6. The number of non-ortho nitro benzene ring substituents is 1. The summed E-state index contributed by atoms with van der Waals surface area (Å²) in [6.07, 6.45) is 1.01. The van der Waals surface area contributed by atoms with Gasteiger partial charge in [0.15, 0.2) is 0 Å². The second-order valence-corrected chi connectivity index (χ2v) is 6.36. The number of carbonyl (C=O) groups is 1. The third-order valence-corrected chi connectivity index (χ3v) is 3.84. The smallest absolute Gasteiger partial charge is 0.271 e. The van der Waals surface area contributed by atoms with Gasteiger partial charge < -0.3 is 5.32 Å². The van der Waals surface area contributed by atoms with E-state index in [1.54, 1.807) is 12.1 Å². The van der Waals surface area contributed by atoms with Crippen LogP contribution in [0.1, 0.15) is 37.8 Å². The molecular weight excluding hydrogens is 304 g/mol. The number of benzene rings is 2. The molecule has 0 bridgehead atoms. The lowest BCUT2D eigenvalue weighted by molar-refractivity contribution is -0.384. The van der Waals surface area contributed by atoms with E-state index >= 15 is 0 Å². The number of hydrogen-bond donors (Lipinski definition) is 1. The molecule has 0 saturated heterocycles. The SMILES string of the molecule is CC(C)Cc1ccc([C@H](C)C(=O)Nc2cccc([N+](=O)[O-])c2)cc1. The number of nitrogens with one attached hydrogen (secondary N) is 1. The molecule has 0 aliphatic carbocycles. The van der Waals surface area contributed by atoms with Crippen molar-refractivity contribution < 1.29 is 9.72 Å². The van der Waals surface area contributed by atoms with Gasteiger partial charge in [0.25, 0.3) is 5.69 Å². The van der Waals surface area contributed by atoms with Gasteiger partial charge >= 0.3 is 0 Å². The van der Waals surface area contributed by atoms with Gasteiger partial charge in [0.1, 0.15) is 0 Å². The Hall–Kier alpha value is -2.69. The molecule has 2 aromatic rings. The summed E-state index contributed by atoms with van der Waals surface area (Å²) in [5, 5.41) is 13.5. The maximum absolute atomic E-state index is 12.4. The molecule has 0 aromatic heterocycles. The Bertz CT molecular complexity index is 724. The molecular formula is C19H22N2O3. The normalized spacial score (nSPS) is 12.0. The maximum Gasteiger partial charge on any atom is 0.271 e. The molecule has 1 N–H and O–H groups in total. The molecule has 1 amide bonds. The third-order valence-electron chi connectivity index (χ3n) is 3.84. The van der Waals surface area contributed by atoms with Crippen molar-refractivity contribution in [3.8, 4) is 0 Å². The summed E-state index contributed by atoms with van der Waals surface area (Å²) >= 11 is 0. The maximum atomic E-state index is 12.4. The van der Waals surface area contributed by atoms with Gasteiger partial charge in [-0.2, -0.15) is 0 Å². The first-order valence-electron chi connectivity index (χ1n) is 8.01. The average Bonchev–Trinajstić information content (AvgIpc) is 2.54. The number of carbonyl (C=O) groups excluding carboxylic acids is 1. The molecule has 2 rings (SSSR count). The lowest BCUT2D eigenvalue weighted by Gasteiger charge is -2.13. The highest BCUT2D eigenvalue weighted by atomic mass is 16.6. The van der Waals surface area contributed by atoms with E-state index in [2.05, 4.69) is 19.2 Å². The monoisotopic (exact) mass is 326 g/mol. The van der Waals surface area contributed by atoms with Gasteiger partial charge in [-0.05, 0) is 36.5 Å². The van der Waals surface area contributed by atoms with Crippen LogP contribution in [0.3, 0.4) is 0 Å². The zero-order valence-electron chi connectivity index (χ0n) is 14.2. The molecule has 0 fully saturated rings. The van der Waals surface area contributed by atoms with E-state index in [0.29, 0.717) is 11.6 Å². The minimum absolute atomic E-state index is 0.0431. The summed E-state index contributed by atoms with van der Waals surface area (Å²) in [5.41, 5.74) is 2.56. The Balaban J connectivity index is 2.06. The van der Waals surface area contributed by atoms with E-state index < -0.39 is 4.92 Å². The molecule has 0 unspecified atom stereocenters. The molecule has 24 heavy (non-hydrogen) atoms. The van der Waals surface area contributed by atoms with Crippen molar-refractivity contribution >= 4 is 17.3 Å². The Labute approximate surface area is 141 Å². The highest BCUT2D eigenvalue weighted by molar-refractivity contribution is 5.95. The van der Waals surface area contributed by atoms with Crippen LogP contribution in [0.2, 0.25) is 0 Å². The summed E-state index contributed by atoms with van der Waals surface area (Å²) in [7, 11) is 0. The third kappa shape index (κ3) is 4.65. The summed E-state index contributed by atoms with van der Waals surface area (Å²) in [6, 6.07) is 14.0. The lowest BCUT2D eigenvalue weighted by Crippen LogP contribution is -2.18. The summed E-state index contributed by atoms with van der Waals surface area (Å²) in [4.78, 5) is 22.7. The summed E-state index contributed by atoms with van der Waals surface area (Å²) in [5.74, 6) is 0.0647. The topological polar surface area (TPSA) is 72.2 Å². The molecule has 5 heteroatoms. The zero-order chi connectivity index (χ0) is 17.7. The van der Waals surface area contributed by atoms with Crippen LogP contribution < -0.4 is 5.32 Å². The summed E-state index contributed by atoms with van der Waals surface area (Å²) in [6.45, 7) is 6.16. The Kier molecular flexibility index (Phi) is 5.68. The van der Waals surface area contributed by atoms with Crippen LogP contribution in [0.25, 0.3) is 0 Å². The first kappa shape index (κ1) is 17.7.